The number of benzene rings is 1. The Morgan fingerprint density at radius 2 is 1.89 bits per heavy atom. The molecule has 0 aliphatic carbocycles. The van der Waals surface area contributed by atoms with Gasteiger partial charge in [0.25, 0.3) is 0 Å². The summed E-state index contributed by atoms with van der Waals surface area (Å²) in [7, 11) is -3.87. The lowest BCUT2D eigenvalue weighted by atomic mass is 9.83. The second-order valence-corrected chi connectivity index (χ2v) is 13.3. The number of ether oxygens (including phenoxy) is 1. The molecule has 1 aromatic heterocycles. The Morgan fingerprint density at radius 1 is 1.19 bits per heavy atom. The smallest absolute Gasteiger partial charge is 0.385 e. The number of amides is 1. The van der Waals surface area contributed by atoms with E-state index in [1.165, 1.54) is 27.4 Å². The Morgan fingerprint density at radius 3 is 2.51 bits per heavy atom. The molecule has 2 fully saturated rings. The lowest BCUT2D eigenvalue weighted by Crippen LogP contribution is -2.46. The highest BCUT2D eigenvalue weighted by molar-refractivity contribution is 7.89. The molecule has 2 aromatic rings. The first-order chi connectivity index (χ1) is 17.3. The Kier molecular flexibility index (Phi) is 8.49. The molecule has 7 nitrogen and oxygen atoms in total. The van der Waals surface area contributed by atoms with Gasteiger partial charge in [0.1, 0.15) is 15.8 Å². The van der Waals surface area contributed by atoms with Crippen LogP contribution in [-0.4, -0.2) is 67.5 Å². The predicted octanol–water partition coefficient (Wildman–Crippen LogP) is 4.75. The maximum atomic E-state index is 13.1. The Hall–Kier alpha value is -1.41. The lowest BCUT2D eigenvalue weighted by molar-refractivity contribution is -0.141. The van der Waals surface area contributed by atoms with Gasteiger partial charge in [-0.3, -0.25) is 4.79 Å². The molecule has 2 saturated heterocycles. The Labute approximate surface area is 226 Å². The fraction of sp³-hybridized carbons (Fsp3) is 0.522. The van der Waals surface area contributed by atoms with Crippen LogP contribution in [0.5, 0.6) is 0 Å². The fourth-order valence-electron chi connectivity index (χ4n) is 4.69. The lowest BCUT2D eigenvalue weighted by Gasteiger charge is -2.38. The molecular formula is C23H25Cl2F3N2O5S2. The van der Waals surface area contributed by atoms with E-state index in [9.17, 15) is 31.5 Å². The first-order valence-corrected chi connectivity index (χ1v) is 14.5. The maximum absolute atomic E-state index is 13.1. The second kappa shape index (κ2) is 11.0. The number of alkyl halides is 3. The number of aliphatic hydroxyl groups is 1. The molecule has 2 aliphatic rings. The van der Waals surface area contributed by atoms with E-state index in [0.29, 0.717) is 19.4 Å². The summed E-state index contributed by atoms with van der Waals surface area (Å²) in [6.07, 6.45) is -3.15. The summed E-state index contributed by atoms with van der Waals surface area (Å²) in [6, 6.07) is 5.47. The van der Waals surface area contributed by atoms with Crippen LogP contribution in [0.1, 0.15) is 36.8 Å². The molecule has 204 valence electrons. The number of piperidine rings is 1. The highest BCUT2D eigenvalue weighted by Crippen LogP contribution is 2.38. The summed E-state index contributed by atoms with van der Waals surface area (Å²) in [5.41, 5.74) is -2.14. The number of hydrogen-bond acceptors (Lipinski definition) is 6. The van der Waals surface area contributed by atoms with Crippen LogP contribution < -0.4 is 0 Å². The van der Waals surface area contributed by atoms with Crippen LogP contribution in [-0.2, 0) is 31.3 Å². The standard InChI is InChI=1S/C23H25Cl2F3N2O5S2/c24-19-12-18(21(25)36-19)37(33,34)30-8-2-5-17(30)13-35-14-20(31)29-9-6-22(32,7-10-29)15-3-1-4-16(11-15)23(26,27)28/h1,3-4,11-12,17,32H,2,5-10,13-14H2. The summed E-state index contributed by atoms with van der Waals surface area (Å²) in [6.45, 7) is 0.334. The minimum Gasteiger partial charge on any atom is -0.385 e. The van der Waals surface area contributed by atoms with Gasteiger partial charge < -0.3 is 14.7 Å². The van der Waals surface area contributed by atoms with Crippen LogP contribution in [0.15, 0.2) is 35.2 Å². The van der Waals surface area contributed by atoms with Gasteiger partial charge in [-0.15, -0.1) is 11.3 Å². The number of carbonyl (C=O) groups is 1. The maximum Gasteiger partial charge on any atom is 0.416 e. The molecule has 1 N–H and O–H groups in total. The Balaban J connectivity index is 1.30. The van der Waals surface area contributed by atoms with E-state index in [-0.39, 0.29) is 64.2 Å². The number of sulfonamides is 1. The van der Waals surface area contributed by atoms with E-state index < -0.39 is 33.4 Å². The molecule has 0 spiro atoms. The van der Waals surface area contributed by atoms with Gasteiger partial charge in [-0.2, -0.15) is 17.5 Å². The number of nitrogens with zero attached hydrogens (tertiary/aromatic N) is 2. The molecular weight excluding hydrogens is 576 g/mol. The average molecular weight is 601 g/mol. The van der Waals surface area contributed by atoms with Crippen LogP contribution in [0.25, 0.3) is 0 Å². The van der Waals surface area contributed by atoms with Crippen molar-refractivity contribution in [1.29, 1.82) is 0 Å². The van der Waals surface area contributed by atoms with Crippen molar-refractivity contribution < 1.29 is 36.2 Å². The second-order valence-electron chi connectivity index (χ2n) is 9.11. The summed E-state index contributed by atoms with van der Waals surface area (Å²) < 4.78 is 72.5. The summed E-state index contributed by atoms with van der Waals surface area (Å²) in [4.78, 5) is 14.1. The first kappa shape index (κ1) is 28.6. The topological polar surface area (TPSA) is 87.2 Å². The summed E-state index contributed by atoms with van der Waals surface area (Å²) >= 11 is 12.9. The van der Waals surface area contributed by atoms with Gasteiger partial charge in [-0.25, -0.2) is 8.42 Å². The number of thiophene rings is 1. The van der Waals surface area contributed by atoms with Crippen LogP contribution in [0.2, 0.25) is 8.67 Å². The van der Waals surface area contributed by atoms with E-state index in [0.717, 1.165) is 23.5 Å². The monoisotopic (exact) mass is 600 g/mol. The number of halogens is 5. The van der Waals surface area contributed by atoms with Crippen molar-refractivity contribution in [3.63, 3.8) is 0 Å². The molecule has 14 heteroatoms. The minimum atomic E-state index is -4.52. The van der Waals surface area contributed by atoms with Crippen molar-refractivity contribution in [2.45, 2.75) is 48.4 Å². The molecule has 2 aliphatic heterocycles. The zero-order chi connectivity index (χ0) is 27.0. The fourth-order valence-corrected chi connectivity index (χ4v) is 8.49. The van der Waals surface area contributed by atoms with Crippen molar-refractivity contribution in [2.24, 2.45) is 0 Å². The Bertz CT molecular complexity index is 1250. The van der Waals surface area contributed by atoms with Crippen molar-refractivity contribution in [2.75, 3.05) is 32.8 Å². The van der Waals surface area contributed by atoms with Crippen molar-refractivity contribution in [1.82, 2.24) is 9.21 Å². The zero-order valence-electron chi connectivity index (χ0n) is 19.5. The number of rotatable bonds is 7. The minimum absolute atomic E-state index is 0.0163. The van der Waals surface area contributed by atoms with Gasteiger partial charge in [0, 0.05) is 25.7 Å². The van der Waals surface area contributed by atoms with Crippen LogP contribution in [0.4, 0.5) is 13.2 Å². The third kappa shape index (κ3) is 6.26. The number of hydrogen-bond donors (Lipinski definition) is 1. The largest absolute Gasteiger partial charge is 0.416 e. The van der Waals surface area contributed by atoms with E-state index in [1.54, 1.807) is 0 Å². The molecule has 4 rings (SSSR count). The van der Waals surface area contributed by atoms with Gasteiger partial charge in [0.2, 0.25) is 15.9 Å². The summed E-state index contributed by atoms with van der Waals surface area (Å²) in [5, 5.41) is 11.0. The van der Waals surface area contributed by atoms with Crippen LogP contribution >= 0.6 is 34.5 Å². The molecule has 0 saturated carbocycles. The average Bonchev–Trinajstić information content (AvgIpc) is 3.45. The molecule has 3 heterocycles. The third-order valence-electron chi connectivity index (χ3n) is 6.74. The molecule has 0 radical (unpaired) electrons. The van der Waals surface area contributed by atoms with Gasteiger partial charge in [0.15, 0.2) is 0 Å². The summed E-state index contributed by atoms with van der Waals surface area (Å²) in [5.74, 6) is -0.342. The van der Waals surface area contributed by atoms with Crippen molar-refractivity contribution >= 4 is 50.5 Å². The molecule has 1 aromatic carbocycles. The predicted molar refractivity (Wildman–Crippen MR) is 133 cm³/mol. The molecule has 1 unspecified atom stereocenters. The van der Waals surface area contributed by atoms with E-state index in [1.807, 2.05) is 0 Å². The normalized spacial score (nSPS) is 20.9. The molecule has 0 bridgehead atoms. The van der Waals surface area contributed by atoms with Crippen molar-refractivity contribution in [3.05, 3.63) is 50.1 Å². The number of carbonyl (C=O) groups excluding carboxylic acids is 1. The van der Waals surface area contributed by atoms with Crippen molar-refractivity contribution in [3.8, 4) is 0 Å². The van der Waals surface area contributed by atoms with Gasteiger partial charge in [0.05, 0.1) is 22.1 Å². The highest BCUT2D eigenvalue weighted by atomic mass is 35.5. The third-order valence-corrected chi connectivity index (χ3v) is 10.4. The SMILES string of the molecule is O=C(COCC1CCCN1S(=O)(=O)c1cc(Cl)sc1Cl)N1CCC(O)(c2cccc(C(F)(F)F)c2)CC1. The first-order valence-electron chi connectivity index (χ1n) is 11.5. The van der Waals surface area contributed by atoms with Gasteiger partial charge in [-0.1, -0.05) is 35.3 Å². The van der Waals surface area contributed by atoms with Crippen LogP contribution in [0.3, 0.4) is 0 Å². The van der Waals surface area contributed by atoms with Gasteiger partial charge in [-0.05, 0) is 49.4 Å². The van der Waals surface area contributed by atoms with E-state index in [4.69, 9.17) is 27.9 Å². The van der Waals surface area contributed by atoms with Gasteiger partial charge >= 0.3 is 6.18 Å². The molecule has 1 amide bonds. The van der Waals surface area contributed by atoms with E-state index >= 15 is 0 Å². The number of likely N-dealkylation sites (tertiary alicyclic amines) is 1. The van der Waals surface area contributed by atoms with Crippen LogP contribution in [0, 0.1) is 0 Å². The zero-order valence-corrected chi connectivity index (χ0v) is 22.7. The molecule has 37 heavy (non-hydrogen) atoms. The molecule has 1 atom stereocenters. The highest BCUT2D eigenvalue weighted by Gasteiger charge is 2.39. The quantitative estimate of drug-likeness (QED) is 0.495. The van der Waals surface area contributed by atoms with E-state index in [2.05, 4.69) is 0 Å².